The molecule has 0 bridgehead atoms. The van der Waals surface area contributed by atoms with Crippen molar-refractivity contribution in [3.63, 3.8) is 0 Å². The van der Waals surface area contributed by atoms with Gasteiger partial charge in [-0.2, -0.15) is 0 Å². The Balaban J connectivity index is 0.000000293. The lowest BCUT2D eigenvalue weighted by Gasteiger charge is -2.34. The van der Waals surface area contributed by atoms with Crippen LogP contribution in [0.2, 0.25) is 0 Å². The van der Waals surface area contributed by atoms with Crippen LogP contribution < -0.4 is 0 Å². The molecule has 2 fully saturated rings. The first-order valence-corrected chi connectivity index (χ1v) is 5.78. The number of piperazine rings is 1. The first kappa shape index (κ1) is 12.0. The highest BCUT2D eigenvalue weighted by atomic mass is 16.3. The molecule has 2 unspecified atom stereocenters. The van der Waals surface area contributed by atoms with Gasteiger partial charge in [0.15, 0.2) is 0 Å². The van der Waals surface area contributed by atoms with Crippen LogP contribution in [0, 0.1) is 0 Å². The molecule has 2 atom stereocenters. The lowest BCUT2D eigenvalue weighted by atomic mass is 10.1. The lowest BCUT2D eigenvalue weighted by Crippen LogP contribution is -2.48. The highest BCUT2D eigenvalue weighted by molar-refractivity contribution is 4.89. The van der Waals surface area contributed by atoms with Crippen molar-refractivity contribution in [3.05, 3.63) is 0 Å². The van der Waals surface area contributed by atoms with Crippen LogP contribution in [0.3, 0.4) is 0 Å². The Morgan fingerprint density at radius 3 is 2.50 bits per heavy atom. The van der Waals surface area contributed by atoms with E-state index in [1.54, 1.807) is 0 Å². The molecule has 0 aromatic rings. The van der Waals surface area contributed by atoms with Crippen molar-refractivity contribution >= 4 is 0 Å². The summed E-state index contributed by atoms with van der Waals surface area (Å²) in [4.78, 5) is 4.75. The van der Waals surface area contributed by atoms with Gasteiger partial charge in [0, 0.05) is 32.2 Å². The first-order chi connectivity index (χ1) is 6.67. The molecule has 0 aliphatic carbocycles. The van der Waals surface area contributed by atoms with Crippen LogP contribution in [0.1, 0.15) is 26.7 Å². The smallest absolute Gasteiger partial charge is 0.0682 e. The molecule has 1 N–H and O–H groups in total. The van der Waals surface area contributed by atoms with E-state index in [9.17, 15) is 5.11 Å². The topological polar surface area (TPSA) is 26.7 Å². The van der Waals surface area contributed by atoms with Gasteiger partial charge < -0.3 is 10.0 Å². The number of hydrogen-bond donors (Lipinski definition) is 1. The quantitative estimate of drug-likeness (QED) is 0.626. The minimum absolute atomic E-state index is 0.0634. The number of likely N-dealkylation sites (N-methyl/N-ethyl adjacent to an activating group) is 1. The van der Waals surface area contributed by atoms with Gasteiger partial charge in [-0.1, -0.05) is 20.3 Å². The molecule has 2 saturated heterocycles. The lowest BCUT2D eigenvalue weighted by molar-refractivity contribution is 0.120. The Kier molecular flexibility index (Phi) is 4.85. The van der Waals surface area contributed by atoms with E-state index in [1.165, 1.54) is 6.42 Å². The van der Waals surface area contributed by atoms with Crippen molar-refractivity contribution in [2.24, 2.45) is 0 Å². The van der Waals surface area contributed by atoms with E-state index in [4.69, 9.17) is 0 Å². The molecule has 14 heavy (non-hydrogen) atoms. The van der Waals surface area contributed by atoms with Gasteiger partial charge in [-0.05, 0) is 13.5 Å². The predicted octanol–water partition coefficient (Wildman–Crippen LogP) is 0.783. The van der Waals surface area contributed by atoms with E-state index < -0.39 is 0 Å². The number of aliphatic hydroxyl groups excluding tert-OH is 1. The molecule has 2 rings (SSSR count). The molecule has 84 valence electrons. The Morgan fingerprint density at radius 2 is 1.86 bits per heavy atom. The third-order valence-electron chi connectivity index (χ3n) is 2.80. The molecule has 3 nitrogen and oxygen atoms in total. The van der Waals surface area contributed by atoms with E-state index in [-0.39, 0.29) is 6.10 Å². The highest BCUT2D eigenvalue weighted by Gasteiger charge is 2.33. The van der Waals surface area contributed by atoms with Crippen molar-refractivity contribution in [1.82, 2.24) is 9.80 Å². The van der Waals surface area contributed by atoms with Crippen LogP contribution in [0.5, 0.6) is 0 Å². The van der Waals surface area contributed by atoms with Gasteiger partial charge in [0.2, 0.25) is 0 Å². The molecule has 0 saturated carbocycles. The number of rotatable bonds is 0. The van der Waals surface area contributed by atoms with Gasteiger partial charge >= 0.3 is 0 Å². The molecule has 3 heteroatoms. The van der Waals surface area contributed by atoms with Crippen LogP contribution in [-0.2, 0) is 0 Å². The van der Waals surface area contributed by atoms with Gasteiger partial charge in [0.1, 0.15) is 0 Å². The van der Waals surface area contributed by atoms with Crippen molar-refractivity contribution in [2.75, 3.05) is 33.2 Å². The van der Waals surface area contributed by atoms with Gasteiger partial charge in [0.25, 0.3) is 0 Å². The summed E-state index contributed by atoms with van der Waals surface area (Å²) in [5.41, 5.74) is 0. The van der Waals surface area contributed by atoms with Crippen LogP contribution in [0.15, 0.2) is 0 Å². The van der Waals surface area contributed by atoms with E-state index in [0.717, 1.165) is 32.6 Å². The average Bonchev–Trinajstić information content (AvgIpc) is 2.45. The van der Waals surface area contributed by atoms with Crippen LogP contribution in [0.25, 0.3) is 0 Å². The van der Waals surface area contributed by atoms with Crippen molar-refractivity contribution in [3.8, 4) is 0 Å². The van der Waals surface area contributed by atoms with Crippen molar-refractivity contribution in [2.45, 2.75) is 38.8 Å². The zero-order chi connectivity index (χ0) is 10.6. The number of fused-ring (bicyclic) bond motifs is 1. The molecule has 0 spiro atoms. The summed E-state index contributed by atoms with van der Waals surface area (Å²) in [5.74, 6) is 0. The van der Waals surface area contributed by atoms with Gasteiger partial charge in [-0.3, -0.25) is 4.90 Å². The van der Waals surface area contributed by atoms with Crippen molar-refractivity contribution in [1.29, 1.82) is 0 Å². The van der Waals surface area contributed by atoms with Crippen LogP contribution >= 0.6 is 0 Å². The molecule has 0 aromatic carbocycles. The second-order valence-corrected chi connectivity index (χ2v) is 4.51. The molecule has 0 radical (unpaired) electrons. The molecular weight excluding hydrogens is 176 g/mol. The third kappa shape index (κ3) is 3.23. The van der Waals surface area contributed by atoms with E-state index >= 15 is 0 Å². The summed E-state index contributed by atoms with van der Waals surface area (Å²) < 4.78 is 0. The van der Waals surface area contributed by atoms with Gasteiger partial charge in [-0.15, -0.1) is 0 Å². The Hall–Kier alpha value is -0.120. The summed E-state index contributed by atoms with van der Waals surface area (Å²) in [6.07, 6.45) is 2.16. The molecule has 2 heterocycles. The summed E-state index contributed by atoms with van der Waals surface area (Å²) in [6, 6.07) is 0.628. The fraction of sp³-hybridized carbons (Fsp3) is 1.00. The van der Waals surface area contributed by atoms with E-state index in [1.807, 2.05) is 0 Å². The highest BCUT2D eigenvalue weighted by Crippen LogP contribution is 2.20. The fourth-order valence-electron chi connectivity index (χ4n) is 2.17. The zero-order valence-corrected chi connectivity index (χ0v) is 9.74. The molecule has 2 aliphatic heterocycles. The van der Waals surface area contributed by atoms with Crippen molar-refractivity contribution < 1.29 is 5.11 Å². The Bertz CT molecular complexity index is 163. The Morgan fingerprint density at radius 1 is 1.21 bits per heavy atom. The van der Waals surface area contributed by atoms with Crippen LogP contribution in [0.4, 0.5) is 0 Å². The maximum Gasteiger partial charge on any atom is 0.0682 e. The number of aliphatic hydroxyl groups is 1. The van der Waals surface area contributed by atoms with E-state index in [2.05, 4.69) is 30.7 Å². The minimum Gasteiger partial charge on any atom is -0.392 e. The largest absolute Gasteiger partial charge is 0.392 e. The van der Waals surface area contributed by atoms with Crippen LogP contribution in [-0.4, -0.2) is 60.3 Å². The molecular formula is C11H24N2O. The summed E-state index contributed by atoms with van der Waals surface area (Å²) in [7, 11) is 2.15. The average molecular weight is 200 g/mol. The monoisotopic (exact) mass is 200 g/mol. The van der Waals surface area contributed by atoms with Gasteiger partial charge in [0.05, 0.1) is 6.10 Å². The van der Waals surface area contributed by atoms with Gasteiger partial charge in [-0.25, -0.2) is 0 Å². The summed E-state index contributed by atoms with van der Waals surface area (Å²) in [6.45, 7) is 8.58. The number of nitrogens with zero attached hydrogens (tertiary/aromatic N) is 2. The predicted molar refractivity (Wildman–Crippen MR) is 59.4 cm³/mol. The molecule has 2 aliphatic rings. The van der Waals surface area contributed by atoms with E-state index in [0.29, 0.717) is 6.04 Å². The SMILES string of the molecule is CCC.CN1CCN2CC(O)CC2C1. The summed E-state index contributed by atoms with van der Waals surface area (Å²) >= 11 is 0. The number of hydrogen-bond acceptors (Lipinski definition) is 3. The normalized spacial score (nSPS) is 33.4. The minimum atomic E-state index is -0.0634. The maximum absolute atomic E-state index is 9.39. The second-order valence-electron chi connectivity index (χ2n) is 4.51. The zero-order valence-electron chi connectivity index (χ0n) is 9.74. The molecule has 0 amide bonds. The third-order valence-corrected chi connectivity index (χ3v) is 2.80. The summed E-state index contributed by atoms with van der Waals surface area (Å²) in [5, 5.41) is 9.39. The Labute approximate surface area is 87.7 Å². The second kappa shape index (κ2) is 5.69. The molecule has 0 aromatic heterocycles. The fourth-order valence-corrected chi connectivity index (χ4v) is 2.17. The standard InChI is InChI=1S/C8H16N2O.C3H8/c1-9-2-3-10-6-8(11)4-7(10)5-9;1-3-2/h7-8,11H,2-6H2,1H3;3H2,1-2H3. The maximum atomic E-state index is 9.39. The first-order valence-electron chi connectivity index (χ1n) is 5.78.